The molecule has 3 aromatic rings. The predicted octanol–water partition coefficient (Wildman–Crippen LogP) is 5.14. The van der Waals surface area contributed by atoms with Crippen LogP contribution in [0.2, 0.25) is 0 Å². The Kier molecular flexibility index (Phi) is 7.73. The smallest absolute Gasteiger partial charge is 0.377 e. The Morgan fingerprint density at radius 3 is 2.80 bits per heavy atom. The Bertz CT molecular complexity index is 1410. The highest BCUT2D eigenvalue weighted by Gasteiger charge is 2.36. The van der Waals surface area contributed by atoms with Crippen molar-refractivity contribution in [2.24, 2.45) is 0 Å². The van der Waals surface area contributed by atoms with Gasteiger partial charge in [-0.15, -0.1) is 23.1 Å². The van der Waals surface area contributed by atoms with Gasteiger partial charge in [0, 0.05) is 40.7 Å². The topological polar surface area (TPSA) is 92.3 Å². The summed E-state index contributed by atoms with van der Waals surface area (Å²) in [6, 6.07) is 3.91. The second kappa shape index (κ2) is 11.3. The van der Waals surface area contributed by atoms with Crippen molar-refractivity contribution in [3.8, 4) is 10.6 Å². The molecule has 0 atom stereocenters. The van der Waals surface area contributed by atoms with Gasteiger partial charge >= 0.3 is 6.18 Å². The quantitative estimate of drug-likeness (QED) is 0.248. The maximum Gasteiger partial charge on any atom is 0.420 e. The van der Waals surface area contributed by atoms with Crippen LogP contribution in [0, 0.1) is 6.92 Å². The molecule has 3 aliphatic rings. The van der Waals surface area contributed by atoms with Gasteiger partial charge in [-0.2, -0.15) is 13.2 Å². The first-order valence-corrected chi connectivity index (χ1v) is 15.1. The molecule has 0 radical (unpaired) electrons. The molecule has 2 aliphatic heterocycles. The summed E-state index contributed by atoms with van der Waals surface area (Å²) in [5.41, 5.74) is 2.84. The summed E-state index contributed by atoms with van der Waals surface area (Å²) in [5, 5.41) is 6.55. The summed E-state index contributed by atoms with van der Waals surface area (Å²) in [6.45, 7) is 5.08. The molecule has 6 rings (SSSR count). The molecular weight excluding hydrogens is 561 g/mol. The van der Waals surface area contributed by atoms with Gasteiger partial charge in [-0.1, -0.05) is 0 Å². The Morgan fingerprint density at radius 1 is 1.27 bits per heavy atom. The molecule has 0 spiro atoms. The molecule has 40 heavy (non-hydrogen) atoms. The molecule has 212 valence electrons. The van der Waals surface area contributed by atoms with Crippen molar-refractivity contribution in [1.29, 1.82) is 0 Å². The first-order valence-electron chi connectivity index (χ1n) is 13.3. The highest BCUT2D eigenvalue weighted by molar-refractivity contribution is 7.99. The summed E-state index contributed by atoms with van der Waals surface area (Å²) >= 11 is 2.79. The fourth-order valence-electron chi connectivity index (χ4n) is 4.86. The van der Waals surface area contributed by atoms with Crippen LogP contribution < -0.4 is 10.6 Å². The molecule has 1 saturated heterocycles. The van der Waals surface area contributed by atoms with Crippen LogP contribution >= 0.6 is 23.1 Å². The second-order valence-electron chi connectivity index (χ2n) is 10.2. The van der Waals surface area contributed by atoms with Gasteiger partial charge in [-0.3, -0.25) is 9.78 Å². The first-order chi connectivity index (χ1) is 19.3. The number of hydrogen-bond acceptors (Lipinski definition) is 9. The number of pyridine rings is 1. The molecule has 8 nitrogen and oxygen atoms in total. The Labute approximate surface area is 238 Å². The molecule has 5 heterocycles. The van der Waals surface area contributed by atoms with Crippen LogP contribution in [0.4, 0.5) is 24.8 Å². The number of alkyl halides is 3. The third-order valence-corrected chi connectivity index (χ3v) is 9.63. The van der Waals surface area contributed by atoms with E-state index in [0.717, 1.165) is 77.4 Å². The average Bonchev–Trinajstić information content (AvgIpc) is 3.68. The zero-order chi connectivity index (χ0) is 27.9. The highest BCUT2D eigenvalue weighted by Crippen LogP contribution is 2.45. The maximum absolute atomic E-state index is 14.0. The standard InChI is InChI=1S/C27H29F3N6O2S2/c1-15-22(39-7-6-36(14-37)18-12-38-13-18)9-23(40-15)25-19(27(28,29)30)10-32-26(35-25)34-20-8-17-4-5-31-11-21(17)33-24(20)16-2-3-16/h8-10,14,16,18,31H,2-7,11-13H2,1H3,(H,32,34,35). The molecule has 2 fully saturated rings. The van der Waals surface area contributed by atoms with E-state index in [-0.39, 0.29) is 17.7 Å². The number of carbonyl (C=O) groups excluding carboxylic acids is 1. The second-order valence-corrected chi connectivity index (χ2v) is 12.6. The number of thiophene rings is 1. The minimum absolute atomic E-state index is 0.0981. The highest BCUT2D eigenvalue weighted by atomic mass is 32.2. The number of carbonyl (C=O) groups is 1. The van der Waals surface area contributed by atoms with Crippen molar-refractivity contribution < 1.29 is 22.7 Å². The largest absolute Gasteiger partial charge is 0.420 e. The van der Waals surface area contributed by atoms with E-state index in [1.165, 1.54) is 23.1 Å². The minimum Gasteiger partial charge on any atom is -0.377 e. The molecule has 2 N–H and O–H groups in total. The Balaban J connectivity index is 1.26. The van der Waals surface area contributed by atoms with Crippen molar-refractivity contribution >= 4 is 41.1 Å². The number of nitrogens with zero attached hydrogens (tertiary/aromatic N) is 4. The van der Waals surface area contributed by atoms with Crippen molar-refractivity contribution in [3.05, 3.63) is 45.7 Å². The van der Waals surface area contributed by atoms with Gasteiger partial charge in [0.25, 0.3) is 0 Å². The van der Waals surface area contributed by atoms with E-state index < -0.39 is 11.7 Å². The van der Waals surface area contributed by atoms with Gasteiger partial charge < -0.3 is 20.3 Å². The normalized spacial score (nSPS) is 17.3. The van der Waals surface area contributed by atoms with Gasteiger partial charge in [0.1, 0.15) is 5.56 Å². The third kappa shape index (κ3) is 5.83. The average molecular weight is 591 g/mol. The molecule has 13 heteroatoms. The van der Waals surface area contributed by atoms with Crippen molar-refractivity contribution in [3.63, 3.8) is 0 Å². The number of fused-ring (bicyclic) bond motifs is 1. The van der Waals surface area contributed by atoms with Crippen LogP contribution in [0.3, 0.4) is 0 Å². The fraction of sp³-hybridized carbons (Fsp3) is 0.481. The number of hydrogen-bond donors (Lipinski definition) is 2. The van der Waals surface area contributed by atoms with Gasteiger partial charge in [0.05, 0.1) is 46.9 Å². The number of anilines is 2. The molecule has 1 saturated carbocycles. The van der Waals surface area contributed by atoms with Crippen LogP contribution in [0.5, 0.6) is 0 Å². The number of aromatic nitrogens is 3. The lowest BCUT2D eigenvalue weighted by atomic mass is 10.0. The number of ether oxygens (including phenoxy) is 1. The van der Waals surface area contributed by atoms with E-state index in [4.69, 9.17) is 9.72 Å². The molecule has 3 aromatic heterocycles. The minimum atomic E-state index is -4.60. The number of amides is 1. The monoisotopic (exact) mass is 590 g/mol. The van der Waals surface area contributed by atoms with Crippen LogP contribution in [-0.2, 0) is 28.7 Å². The SMILES string of the molecule is Cc1sc(-c2nc(Nc3cc4c(nc3C3CC3)CNCC4)ncc2C(F)(F)F)cc1SCCN(C=O)C1COC1. The third-order valence-electron chi connectivity index (χ3n) is 7.33. The zero-order valence-corrected chi connectivity index (χ0v) is 23.5. The lowest BCUT2D eigenvalue weighted by molar-refractivity contribution is -0.137. The van der Waals surface area contributed by atoms with Crippen molar-refractivity contribution in [2.45, 2.75) is 55.8 Å². The van der Waals surface area contributed by atoms with Crippen molar-refractivity contribution in [1.82, 2.24) is 25.2 Å². The molecule has 1 aliphatic carbocycles. The van der Waals surface area contributed by atoms with Crippen LogP contribution in [0.1, 0.15) is 46.2 Å². The summed E-state index contributed by atoms with van der Waals surface area (Å²) in [5.74, 6) is 1.08. The number of thioether (sulfide) groups is 1. The molecule has 0 bridgehead atoms. The molecule has 0 aromatic carbocycles. The number of nitrogens with one attached hydrogen (secondary N) is 2. The number of rotatable bonds is 10. The van der Waals surface area contributed by atoms with E-state index in [2.05, 4.69) is 26.7 Å². The van der Waals surface area contributed by atoms with E-state index >= 15 is 0 Å². The van der Waals surface area contributed by atoms with Gasteiger partial charge in [-0.25, -0.2) is 9.97 Å². The zero-order valence-electron chi connectivity index (χ0n) is 21.9. The lowest BCUT2D eigenvalue weighted by Gasteiger charge is -2.34. The molecular formula is C27H29F3N6O2S2. The van der Waals surface area contributed by atoms with Crippen LogP contribution in [0.15, 0.2) is 23.2 Å². The number of halogens is 3. The molecule has 0 unspecified atom stereocenters. The van der Waals surface area contributed by atoms with Crippen LogP contribution in [-0.4, -0.2) is 64.4 Å². The van der Waals surface area contributed by atoms with E-state index in [1.807, 2.05) is 6.92 Å². The summed E-state index contributed by atoms with van der Waals surface area (Å²) in [4.78, 5) is 28.7. The first kappa shape index (κ1) is 27.4. The molecule has 1 amide bonds. The van der Waals surface area contributed by atoms with E-state index in [0.29, 0.717) is 36.3 Å². The Morgan fingerprint density at radius 2 is 2.10 bits per heavy atom. The summed E-state index contributed by atoms with van der Waals surface area (Å²) < 4.78 is 47.3. The van der Waals surface area contributed by atoms with Gasteiger partial charge in [0.2, 0.25) is 12.4 Å². The Hall–Kier alpha value is -2.74. The van der Waals surface area contributed by atoms with Crippen LogP contribution in [0.25, 0.3) is 10.6 Å². The van der Waals surface area contributed by atoms with Gasteiger partial charge in [0.15, 0.2) is 0 Å². The van der Waals surface area contributed by atoms with E-state index in [1.54, 1.807) is 11.0 Å². The van der Waals surface area contributed by atoms with Crippen molar-refractivity contribution in [2.75, 3.05) is 37.4 Å². The lowest BCUT2D eigenvalue weighted by Crippen LogP contribution is -2.49. The summed E-state index contributed by atoms with van der Waals surface area (Å²) in [6.07, 6.45) is 0.0148. The van der Waals surface area contributed by atoms with E-state index in [9.17, 15) is 18.0 Å². The summed E-state index contributed by atoms with van der Waals surface area (Å²) in [7, 11) is 0. The van der Waals surface area contributed by atoms with Gasteiger partial charge in [-0.05, 0) is 50.4 Å². The maximum atomic E-state index is 14.0. The number of aryl methyl sites for hydroxylation is 1. The fourth-order valence-corrected chi connectivity index (χ4v) is 7.08. The predicted molar refractivity (Wildman–Crippen MR) is 148 cm³/mol.